The molecule has 1 amide bonds. The fourth-order valence-electron chi connectivity index (χ4n) is 3.41. The molecule has 1 unspecified atom stereocenters. The van der Waals surface area contributed by atoms with E-state index in [1.54, 1.807) is 31.2 Å². The van der Waals surface area contributed by atoms with Crippen LogP contribution in [0.3, 0.4) is 0 Å². The van der Waals surface area contributed by atoms with Crippen LogP contribution in [0.2, 0.25) is 0 Å². The highest BCUT2D eigenvalue weighted by Gasteiger charge is 2.37. The lowest BCUT2D eigenvalue weighted by molar-refractivity contribution is -0.143. The van der Waals surface area contributed by atoms with Gasteiger partial charge in [0.1, 0.15) is 12.5 Å². The summed E-state index contributed by atoms with van der Waals surface area (Å²) in [6, 6.07) is 6.75. The Morgan fingerprint density at radius 2 is 1.93 bits per heavy atom. The summed E-state index contributed by atoms with van der Waals surface area (Å²) in [5.74, 6) is -2.22. The van der Waals surface area contributed by atoms with Crippen molar-refractivity contribution in [2.24, 2.45) is 0 Å². The standard InChI is InChI=1S/C18H18F3N3O3/c1-10-13(11(2)24(22-10)9-18(19,20)21)7-16(25)23-8-14(17(26)27)12-5-3-4-6-15(12)23/h3-6,14H,7-9H2,1-2H3,(H,26,27). The first-order valence-corrected chi connectivity index (χ1v) is 8.30. The molecule has 9 heteroatoms. The molecule has 2 heterocycles. The van der Waals surface area contributed by atoms with E-state index in [4.69, 9.17) is 0 Å². The molecule has 6 nitrogen and oxygen atoms in total. The molecule has 0 saturated heterocycles. The second-order valence-electron chi connectivity index (χ2n) is 6.55. The third kappa shape index (κ3) is 3.67. The van der Waals surface area contributed by atoms with Gasteiger partial charge in [-0.3, -0.25) is 14.3 Å². The number of aliphatic carboxylic acids is 1. The first-order valence-electron chi connectivity index (χ1n) is 8.30. The van der Waals surface area contributed by atoms with Gasteiger partial charge in [0.15, 0.2) is 0 Å². The van der Waals surface area contributed by atoms with Crippen LogP contribution >= 0.6 is 0 Å². The van der Waals surface area contributed by atoms with E-state index >= 15 is 0 Å². The van der Waals surface area contributed by atoms with Gasteiger partial charge >= 0.3 is 12.1 Å². The third-order valence-electron chi connectivity index (χ3n) is 4.76. The molecule has 0 saturated carbocycles. The van der Waals surface area contributed by atoms with Gasteiger partial charge in [-0.25, -0.2) is 0 Å². The van der Waals surface area contributed by atoms with Gasteiger partial charge in [-0.05, 0) is 25.5 Å². The van der Waals surface area contributed by atoms with Gasteiger partial charge in [-0.15, -0.1) is 0 Å². The molecule has 27 heavy (non-hydrogen) atoms. The monoisotopic (exact) mass is 381 g/mol. The quantitative estimate of drug-likeness (QED) is 0.884. The van der Waals surface area contributed by atoms with Crippen LogP contribution in [0.4, 0.5) is 18.9 Å². The van der Waals surface area contributed by atoms with Gasteiger partial charge < -0.3 is 10.0 Å². The smallest absolute Gasteiger partial charge is 0.408 e. The first kappa shape index (κ1) is 18.9. The van der Waals surface area contributed by atoms with E-state index in [2.05, 4.69) is 5.10 Å². The average molecular weight is 381 g/mol. The topological polar surface area (TPSA) is 75.4 Å². The zero-order valence-electron chi connectivity index (χ0n) is 14.7. The summed E-state index contributed by atoms with van der Waals surface area (Å²) in [5.41, 5.74) is 2.14. The molecular weight excluding hydrogens is 363 g/mol. The molecule has 3 rings (SSSR count). The van der Waals surface area contributed by atoms with Crippen molar-refractivity contribution >= 4 is 17.6 Å². The summed E-state index contributed by atoms with van der Waals surface area (Å²) >= 11 is 0. The fourth-order valence-corrected chi connectivity index (χ4v) is 3.41. The zero-order chi connectivity index (χ0) is 19.9. The maximum absolute atomic E-state index is 12.8. The van der Waals surface area contributed by atoms with Gasteiger partial charge in [0.05, 0.1) is 12.1 Å². The summed E-state index contributed by atoms with van der Waals surface area (Å²) in [6.45, 7) is 1.83. The number of hydrogen-bond donors (Lipinski definition) is 1. The number of nitrogens with zero attached hydrogens (tertiary/aromatic N) is 3. The van der Waals surface area contributed by atoms with E-state index in [-0.39, 0.29) is 24.6 Å². The van der Waals surface area contributed by atoms with Crippen LogP contribution in [0, 0.1) is 13.8 Å². The molecule has 1 aromatic carbocycles. The molecule has 0 fully saturated rings. The Balaban J connectivity index is 1.86. The third-order valence-corrected chi connectivity index (χ3v) is 4.76. The number of hydrogen-bond acceptors (Lipinski definition) is 3. The highest BCUT2D eigenvalue weighted by Crippen LogP contribution is 2.36. The molecule has 1 atom stereocenters. The molecule has 2 aromatic rings. The molecule has 1 aliphatic heterocycles. The fraction of sp³-hybridized carbons (Fsp3) is 0.389. The lowest BCUT2D eigenvalue weighted by Gasteiger charge is -2.17. The number of carbonyl (C=O) groups is 2. The van der Waals surface area contributed by atoms with Crippen LogP contribution in [-0.2, 0) is 22.6 Å². The van der Waals surface area contributed by atoms with Gasteiger partial charge in [-0.1, -0.05) is 18.2 Å². The van der Waals surface area contributed by atoms with Crippen LogP contribution in [0.25, 0.3) is 0 Å². The predicted molar refractivity (Wildman–Crippen MR) is 90.6 cm³/mol. The number of alkyl halides is 3. The Kier molecular flexibility index (Phi) is 4.71. The molecule has 0 bridgehead atoms. The van der Waals surface area contributed by atoms with Crippen LogP contribution in [0.15, 0.2) is 24.3 Å². The minimum Gasteiger partial charge on any atom is -0.481 e. The number of anilines is 1. The molecule has 0 spiro atoms. The SMILES string of the molecule is Cc1nn(CC(F)(F)F)c(C)c1CC(=O)N1CC(C(=O)O)c2ccccc21. The van der Waals surface area contributed by atoms with Crippen molar-refractivity contribution in [3.63, 3.8) is 0 Å². The van der Waals surface area contributed by atoms with Gasteiger partial charge in [0.25, 0.3) is 0 Å². The second kappa shape index (κ2) is 6.71. The Morgan fingerprint density at radius 3 is 2.56 bits per heavy atom. The Labute approximate surface area is 153 Å². The summed E-state index contributed by atoms with van der Waals surface area (Å²) in [6.07, 6.45) is -4.55. The largest absolute Gasteiger partial charge is 0.481 e. The van der Waals surface area contributed by atoms with Crippen LogP contribution in [0.5, 0.6) is 0 Å². The van der Waals surface area contributed by atoms with Crippen molar-refractivity contribution in [3.8, 4) is 0 Å². The normalized spacial score (nSPS) is 16.5. The summed E-state index contributed by atoms with van der Waals surface area (Å²) in [5, 5.41) is 13.3. The van der Waals surface area contributed by atoms with Crippen molar-refractivity contribution in [2.75, 3.05) is 11.4 Å². The number of aromatic nitrogens is 2. The van der Waals surface area contributed by atoms with E-state index in [9.17, 15) is 27.9 Å². The van der Waals surface area contributed by atoms with Gasteiger partial charge in [0.2, 0.25) is 5.91 Å². The maximum Gasteiger partial charge on any atom is 0.408 e. The Bertz CT molecular complexity index is 905. The van der Waals surface area contributed by atoms with Crippen molar-refractivity contribution < 1.29 is 27.9 Å². The number of fused-ring (bicyclic) bond motifs is 1. The summed E-state index contributed by atoms with van der Waals surface area (Å²) in [7, 11) is 0. The lowest BCUT2D eigenvalue weighted by Crippen LogP contribution is -2.32. The zero-order valence-corrected chi connectivity index (χ0v) is 14.7. The number of amides is 1. The number of carbonyl (C=O) groups excluding carboxylic acids is 1. The summed E-state index contributed by atoms with van der Waals surface area (Å²) in [4.78, 5) is 25.7. The molecule has 144 valence electrons. The van der Waals surface area contributed by atoms with E-state index in [1.165, 1.54) is 11.8 Å². The molecule has 1 aromatic heterocycles. The highest BCUT2D eigenvalue weighted by atomic mass is 19.4. The van der Waals surface area contributed by atoms with Crippen LogP contribution < -0.4 is 4.90 Å². The molecule has 0 radical (unpaired) electrons. The Hall–Kier alpha value is -2.84. The van der Waals surface area contributed by atoms with E-state index < -0.39 is 24.6 Å². The number of carboxylic acids is 1. The number of aryl methyl sites for hydroxylation is 1. The molecule has 1 N–H and O–H groups in total. The van der Waals surface area contributed by atoms with E-state index in [1.807, 2.05) is 0 Å². The lowest BCUT2D eigenvalue weighted by atomic mass is 10.0. The van der Waals surface area contributed by atoms with Crippen LogP contribution in [0.1, 0.15) is 28.4 Å². The number of carboxylic acid groups (broad SMARTS) is 1. The predicted octanol–water partition coefficient (Wildman–Crippen LogP) is 2.82. The number of rotatable bonds is 4. The minimum atomic E-state index is -4.41. The second-order valence-corrected chi connectivity index (χ2v) is 6.55. The molecule has 1 aliphatic rings. The summed E-state index contributed by atoms with van der Waals surface area (Å²) < 4.78 is 38.8. The number of benzene rings is 1. The minimum absolute atomic E-state index is 0.00228. The van der Waals surface area contributed by atoms with E-state index in [0.29, 0.717) is 22.5 Å². The van der Waals surface area contributed by atoms with Crippen molar-refractivity contribution in [1.82, 2.24) is 9.78 Å². The maximum atomic E-state index is 12.8. The van der Waals surface area contributed by atoms with Gasteiger partial charge in [-0.2, -0.15) is 18.3 Å². The Morgan fingerprint density at radius 1 is 1.26 bits per heavy atom. The van der Waals surface area contributed by atoms with Crippen molar-refractivity contribution in [2.45, 2.75) is 38.9 Å². The highest BCUT2D eigenvalue weighted by molar-refractivity contribution is 6.00. The number of para-hydroxylation sites is 1. The molecule has 0 aliphatic carbocycles. The van der Waals surface area contributed by atoms with Crippen molar-refractivity contribution in [1.29, 1.82) is 0 Å². The van der Waals surface area contributed by atoms with E-state index in [0.717, 1.165) is 4.68 Å². The molecular formula is C18H18F3N3O3. The van der Waals surface area contributed by atoms with Crippen molar-refractivity contribution in [3.05, 3.63) is 46.8 Å². The average Bonchev–Trinajstić information content (AvgIpc) is 3.07. The first-order chi connectivity index (χ1) is 12.6. The van der Waals surface area contributed by atoms with Gasteiger partial charge in [0, 0.05) is 23.5 Å². The van der Waals surface area contributed by atoms with Crippen LogP contribution in [-0.4, -0.2) is 39.5 Å². The number of halogens is 3.